The molecule has 0 aromatic rings. The van der Waals surface area contributed by atoms with Gasteiger partial charge in [-0.1, -0.05) is 0 Å². The van der Waals surface area contributed by atoms with Crippen LogP contribution in [-0.4, -0.2) is 0 Å². The number of rotatable bonds is 2. The molecule has 0 bridgehead atoms. The molecule has 0 radical (unpaired) electrons. The molecule has 0 aromatic heterocycles. The van der Waals surface area contributed by atoms with Crippen LogP contribution < -0.4 is 0 Å². The van der Waals surface area contributed by atoms with E-state index in [9.17, 15) is 0 Å². The van der Waals surface area contributed by atoms with Crippen molar-refractivity contribution in [3.05, 3.63) is 44.6 Å². The molecule has 2 rings (SSSR count). The molecule has 0 atom stereocenters. The van der Waals surface area contributed by atoms with Crippen molar-refractivity contribution in [3.8, 4) is 0 Å². The molecule has 0 heterocycles. The first-order chi connectivity index (χ1) is 9.48. The second-order valence-electron chi connectivity index (χ2n) is 7.05. The van der Waals surface area contributed by atoms with Crippen molar-refractivity contribution in [3.63, 3.8) is 0 Å². The van der Waals surface area contributed by atoms with Crippen molar-refractivity contribution >= 4 is 0 Å². The van der Waals surface area contributed by atoms with Crippen LogP contribution in [0.1, 0.15) is 69.2 Å². The number of hydrogen-bond acceptors (Lipinski definition) is 0. The Balaban J connectivity index is 2.54. The molecule has 0 aliphatic heterocycles. The molecule has 0 spiro atoms. The zero-order valence-corrected chi connectivity index (χ0v) is 17.1. The molecule has 0 amide bonds. The van der Waals surface area contributed by atoms with Gasteiger partial charge in [0.2, 0.25) is 0 Å². The zero-order valence-electron chi connectivity index (χ0n) is 15.4. The van der Waals surface area contributed by atoms with Crippen LogP contribution in [0.2, 0.25) is 8.02 Å². The van der Waals surface area contributed by atoms with Crippen LogP contribution in [0.15, 0.2) is 44.6 Å². The third-order valence-electron chi connectivity index (χ3n) is 6.51. The second-order valence-corrected chi connectivity index (χ2v) is 11.0. The minimum atomic E-state index is 0.176. The average molecular weight is 372 g/mol. The molecule has 2 aliphatic carbocycles. The van der Waals surface area contributed by atoms with E-state index in [1.54, 1.807) is 22.3 Å². The Hall–Kier alpha value is -0.417. The van der Waals surface area contributed by atoms with Gasteiger partial charge in [0.15, 0.2) is 0 Å². The van der Waals surface area contributed by atoms with Gasteiger partial charge in [-0.2, -0.15) is 0 Å². The summed E-state index contributed by atoms with van der Waals surface area (Å²) in [6.07, 6.45) is 0. The summed E-state index contributed by atoms with van der Waals surface area (Å²) in [6.45, 7) is 23.6. The Morgan fingerprint density at radius 3 is 0.857 bits per heavy atom. The first kappa shape index (κ1) is 16.9. The Kier molecular flexibility index (Phi) is 4.08. The molecule has 0 fully saturated rings. The molecule has 118 valence electrons. The van der Waals surface area contributed by atoms with Gasteiger partial charge in [-0.3, -0.25) is 0 Å². The standard InChI is InChI=1S/2C10H15.Ru/c2*1-6-7(2)9(4)10(5)8(6)3;/h2*1-5H3;. The Bertz CT molecular complexity index is 531. The molecule has 0 unspecified atom stereocenters. The summed E-state index contributed by atoms with van der Waals surface area (Å²) in [7, 11) is 0. The quantitative estimate of drug-likeness (QED) is 0.468. The van der Waals surface area contributed by atoms with E-state index < -0.39 is 0 Å². The molecular weight excluding hydrogens is 341 g/mol. The van der Waals surface area contributed by atoms with E-state index in [2.05, 4.69) is 69.2 Å². The van der Waals surface area contributed by atoms with Crippen LogP contribution in [0.3, 0.4) is 0 Å². The van der Waals surface area contributed by atoms with E-state index in [0.717, 1.165) is 0 Å². The predicted octanol–water partition coefficient (Wildman–Crippen LogP) is 6.80. The maximum absolute atomic E-state index is 2.49. The van der Waals surface area contributed by atoms with Gasteiger partial charge >= 0.3 is 139 Å². The van der Waals surface area contributed by atoms with Gasteiger partial charge < -0.3 is 0 Å². The molecule has 0 aromatic carbocycles. The van der Waals surface area contributed by atoms with Crippen LogP contribution in [-0.2, 0) is 17.1 Å². The van der Waals surface area contributed by atoms with Crippen molar-refractivity contribution in [2.24, 2.45) is 0 Å². The summed E-state index contributed by atoms with van der Waals surface area (Å²) in [5.74, 6) is 0. The summed E-state index contributed by atoms with van der Waals surface area (Å²) in [4.78, 5) is 0. The molecular formula is C20H30Ru. The number of hydrogen-bond donors (Lipinski definition) is 0. The van der Waals surface area contributed by atoms with Crippen LogP contribution >= 0.6 is 0 Å². The van der Waals surface area contributed by atoms with Crippen molar-refractivity contribution in [2.75, 3.05) is 0 Å². The van der Waals surface area contributed by atoms with Gasteiger partial charge in [-0.05, 0) is 0 Å². The molecule has 21 heavy (non-hydrogen) atoms. The van der Waals surface area contributed by atoms with Crippen LogP contribution in [0.5, 0.6) is 0 Å². The normalized spacial score (nSPS) is 25.0. The fourth-order valence-electron chi connectivity index (χ4n) is 3.70. The van der Waals surface area contributed by atoms with Gasteiger partial charge in [0.1, 0.15) is 0 Å². The fourth-order valence-corrected chi connectivity index (χ4v) is 8.04. The van der Waals surface area contributed by atoms with E-state index in [-0.39, 0.29) is 17.1 Å². The summed E-state index contributed by atoms with van der Waals surface area (Å²) in [5, 5.41) is 0. The van der Waals surface area contributed by atoms with Gasteiger partial charge in [0.25, 0.3) is 0 Å². The van der Waals surface area contributed by atoms with Crippen molar-refractivity contribution in [2.45, 2.75) is 77.3 Å². The van der Waals surface area contributed by atoms with E-state index in [1.807, 2.05) is 0 Å². The summed E-state index contributed by atoms with van der Waals surface area (Å²) < 4.78 is 0.589. The van der Waals surface area contributed by atoms with Crippen LogP contribution in [0.4, 0.5) is 0 Å². The third kappa shape index (κ3) is 2.11. The summed E-state index contributed by atoms with van der Waals surface area (Å²) in [6, 6.07) is 0. The topological polar surface area (TPSA) is 0 Å². The van der Waals surface area contributed by atoms with Crippen LogP contribution in [0, 0.1) is 0 Å². The van der Waals surface area contributed by atoms with Gasteiger partial charge in [-0.25, -0.2) is 0 Å². The third-order valence-corrected chi connectivity index (χ3v) is 10.9. The first-order valence-corrected chi connectivity index (χ1v) is 9.59. The van der Waals surface area contributed by atoms with E-state index in [4.69, 9.17) is 0 Å². The molecule has 2 aliphatic rings. The Morgan fingerprint density at radius 1 is 0.476 bits per heavy atom. The van der Waals surface area contributed by atoms with E-state index >= 15 is 0 Å². The van der Waals surface area contributed by atoms with Gasteiger partial charge in [-0.15, -0.1) is 0 Å². The SMILES string of the molecule is CC1=C(C)[C](C)([Ru][C]2(C)C(C)=C(C)C(C)=C2C)C(C)=C1C. The molecule has 0 saturated heterocycles. The minimum absolute atomic E-state index is 0.176. The fraction of sp³-hybridized carbons (Fsp3) is 0.600. The molecule has 1 heteroatoms. The maximum atomic E-state index is 2.49. The Morgan fingerprint density at radius 2 is 0.667 bits per heavy atom. The van der Waals surface area contributed by atoms with Crippen molar-refractivity contribution in [1.82, 2.24) is 0 Å². The second kappa shape index (κ2) is 5.05. The van der Waals surface area contributed by atoms with Gasteiger partial charge in [0.05, 0.1) is 0 Å². The van der Waals surface area contributed by atoms with E-state index in [0.29, 0.717) is 8.02 Å². The zero-order chi connectivity index (χ0) is 16.3. The molecule has 0 nitrogen and oxygen atoms in total. The van der Waals surface area contributed by atoms with Crippen LogP contribution in [0.25, 0.3) is 0 Å². The first-order valence-electron chi connectivity index (χ1n) is 7.85. The average Bonchev–Trinajstić information content (AvgIpc) is 2.67. The van der Waals surface area contributed by atoms with Gasteiger partial charge in [0, 0.05) is 0 Å². The summed E-state index contributed by atoms with van der Waals surface area (Å²) >= 11 is 0.176. The van der Waals surface area contributed by atoms with Crippen molar-refractivity contribution in [1.29, 1.82) is 0 Å². The number of allylic oxidation sites excluding steroid dienone is 8. The van der Waals surface area contributed by atoms with Crippen molar-refractivity contribution < 1.29 is 17.1 Å². The monoisotopic (exact) mass is 372 g/mol. The van der Waals surface area contributed by atoms with E-state index in [1.165, 1.54) is 22.3 Å². The molecule has 0 N–H and O–H groups in total. The Labute approximate surface area is 139 Å². The summed E-state index contributed by atoms with van der Waals surface area (Å²) in [5.41, 5.74) is 12.6. The predicted molar refractivity (Wildman–Crippen MR) is 90.2 cm³/mol. The molecule has 0 saturated carbocycles.